The predicted molar refractivity (Wildman–Crippen MR) is 98.5 cm³/mol. The first kappa shape index (κ1) is 21.2. The fraction of sp³-hybridized carbons (Fsp3) is 0.550. The minimum Gasteiger partial charge on any atom is -0.481 e. The van der Waals surface area contributed by atoms with E-state index in [4.69, 9.17) is 14.6 Å². The van der Waals surface area contributed by atoms with E-state index >= 15 is 0 Å². The number of ether oxygens (including phenoxy) is 2. The summed E-state index contributed by atoms with van der Waals surface area (Å²) in [5.74, 6) is -5.76. The fourth-order valence-corrected chi connectivity index (χ4v) is 4.42. The van der Waals surface area contributed by atoms with Gasteiger partial charge in [-0.25, -0.2) is 4.79 Å². The van der Waals surface area contributed by atoms with Crippen molar-refractivity contribution in [2.75, 3.05) is 7.11 Å². The van der Waals surface area contributed by atoms with E-state index in [0.29, 0.717) is 18.4 Å². The number of benzene rings is 1. The summed E-state index contributed by atoms with van der Waals surface area (Å²) in [5.41, 5.74) is 0.331. The number of nitrogens with zero attached hydrogens (tertiary/aromatic N) is 1. The number of aliphatic carboxylic acids is 1. The summed E-state index contributed by atoms with van der Waals surface area (Å²) in [7, 11) is 1.12. The van der Waals surface area contributed by atoms with Crippen molar-refractivity contribution in [1.82, 2.24) is 4.90 Å². The predicted octanol–water partition coefficient (Wildman–Crippen LogP) is 0.741. The summed E-state index contributed by atoms with van der Waals surface area (Å²) in [6.45, 7) is 0. The molecule has 2 aliphatic heterocycles. The van der Waals surface area contributed by atoms with Crippen LogP contribution in [0.15, 0.2) is 30.3 Å². The first-order chi connectivity index (χ1) is 13.7. The molecular weight excluding hydrogens is 382 g/mol. The number of hydrogen-bond donors (Lipinski definition) is 3. The molecule has 2 bridgehead atoms. The number of amides is 1. The van der Waals surface area contributed by atoms with E-state index < -0.39 is 36.0 Å². The zero-order chi connectivity index (χ0) is 21.2. The minimum absolute atomic E-state index is 0.180. The second-order valence-electron chi connectivity index (χ2n) is 7.43. The lowest BCUT2D eigenvalue weighted by Crippen LogP contribution is -2.62. The van der Waals surface area contributed by atoms with E-state index in [-0.39, 0.29) is 31.2 Å². The summed E-state index contributed by atoms with van der Waals surface area (Å²) >= 11 is 0. The zero-order valence-electron chi connectivity index (χ0n) is 16.1. The molecule has 29 heavy (non-hydrogen) atoms. The van der Waals surface area contributed by atoms with Gasteiger partial charge in [0.15, 0.2) is 0 Å². The summed E-state index contributed by atoms with van der Waals surface area (Å²) in [5, 5.41) is 29.7. The van der Waals surface area contributed by atoms with E-state index in [0.717, 1.165) is 7.11 Å². The van der Waals surface area contributed by atoms with Crippen LogP contribution in [0, 0.1) is 5.92 Å². The number of carbonyl (C=O) groups excluding carboxylic acids is 2. The Kier molecular flexibility index (Phi) is 6.21. The second-order valence-corrected chi connectivity index (χ2v) is 7.43. The van der Waals surface area contributed by atoms with Crippen LogP contribution in [-0.2, 0) is 19.1 Å². The molecule has 0 radical (unpaired) electrons. The third-order valence-corrected chi connectivity index (χ3v) is 5.71. The maximum absolute atomic E-state index is 12.6. The van der Waals surface area contributed by atoms with Crippen LogP contribution >= 0.6 is 0 Å². The van der Waals surface area contributed by atoms with Crippen molar-refractivity contribution in [2.24, 2.45) is 5.92 Å². The average Bonchev–Trinajstić information content (AvgIpc) is 3.00. The number of piperidine rings is 1. The molecule has 0 spiro atoms. The SMILES string of the molecule is COC(O)(O)C1C2CC[C@H](C[C@@H]1OC(=O)c1ccccc1)N2C(=O)CCC(=O)O. The fourth-order valence-electron chi connectivity index (χ4n) is 4.42. The highest BCUT2D eigenvalue weighted by molar-refractivity contribution is 5.89. The lowest BCUT2D eigenvalue weighted by molar-refractivity contribution is -0.374. The standard InChI is InChI=1S/C20H25NO8/c1-28-20(26,27)18-14-8-7-13(21(14)16(22)9-10-17(23)24)11-15(18)29-19(25)12-5-3-2-4-6-12/h2-6,13-15,18,26-27H,7-11H2,1H3,(H,23,24)/t13-,14?,15+,18?/m1/s1. The molecule has 0 saturated carbocycles. The van der Waals surface area contributed by atoms with Crippen molar-refractivity contribution < 1.29 is 39.2 Å². The molecular formula is C20H25NO8. The Labute approximate surface area is 167 Å². The molecule has 1 aromatic carbocycles. The molecule has 2 aliphatic rings. The van der Waals surface area contributed by atoms with Crippen LogP contribution in [0.5, 0.6) is 0 Å². The van der Waals surface area contributed by atoms with E-state index in [1.54, 1.807) is 30.3 Å². The van der Waals surface area contributed by atoms with E-state index in [1.165, 1.54) is 4.90 Å². The number of esters is 1. The monoisotopic (exact) mass is 407 g/mol. The quantitative estimate of drug-likeness (QED) is 0.445. The Balaban J connectivity index is 1.83. The number of aliphatic hydroxyl groups is 2. The molecule has 0 aliphatic carbocycles. The van der Waals surface area contributed by atoms with Gasteiger partial charge < -0.3 is 29.7 Å². The van der Waals surface area contributed by atoms with E-state index in [9.17, 15) is 24.6 Å². The highest BCUT2D eigenvalue weighted by atomic mass is 16.8. The van der Waals surface area contributed by atoms with Crippen molar-refractivity contribution in [2.45, 2.75) is 56.3 Å². The molecule has 4 atom stereocenters. The second kappa shape index (κ2) is 8.48. The van der Waals surface area contributed by atoms with Gasteiger partial charge in [0.2, 0.25) is 5.91 Å². The maximum Gasteiger partial charge on any atom is 0.338 e. The molecule has 9 heteroatoms. The Morgan fingerprint density at radius 3 is 2.45 bits per heavy atom. The molecule has 0 aromatic heterocycles. The molecule has 1 aromatic rings. The van der Waals surface area contributed by atoms with Crippen LogP contribution in [0.1, 0.15) is 42.5 Å². The van der Waals surface area contributed by atoms with E-state index in [1.807, 2.05) is 0 Å². The number of carboxylic acid groups (broad SMARTS) is 1. The topological polar surface area (TPSA) is 134 Å². The number of carboxylic acids is 1. The molecule has 158 valence electrons. The van der Waals surface area contributed by atoms with Gasteiger partial charge in [-0.2, -0.15) is 0 Å². The molecule has 3 rings (SSSR count). The van der Waals surface area contributed by atoms with Crippen LogP contribution in [0.25, 0.3) is 0 Å². The molecule has 2 fully saturated rings. The van der Waals surface area contributed by atoms with Crippen LogP contribution in [0.3, 0.4) is 0 Å². The first-order valence-corrected chi connectivity index (χ1v) is 9.53. The number of carbonyl (C=O) groups is 3. The Bertz CT molecular complexity index is 765. The minimum atomic E-state index is -2.62. The van der Waals surface area contributed by atoms with Crippen LogP contribution in [-0.4, -0.2) is 69.3 Å². The number of hydrogen-bond acceptors (Lipinski definition) is 7. The highest BCUT2D eigenvalue weighted by Gasteiger charge is 2.58. The summed E-state index contributed by atoms with van der Waals surface area (Å²) in [6.07, 6.45) is -0.0810. The molecule has 2 saturated heterocycles. The molecule has 2 unspecified atom stereocenters. The third kappa shape index (κ3) is 4.42. The number of rotatable bonds is 7. The van der Waals surface area contributed by atoms with Gasteiger partial charge in [0.25, 0.3) is 5.97 Å². The number of fused-ring (bicyclic) bond motifs is 2. The van der Waals surface area contributed by atoms with E-state index in [2.05, 4.69) is 0 Å². The highest BCUT2D eigenvalue weighted by Crippen LogP contribution is 2.45. The molecule has 3 N–H and O–H groups in total. The van der Waals surface area contributed by atoms with Gasteiger partial charge >= 0.3 is 11.9 Å². The lowest BCUT2D eigenvalue weighted by atomic mass is 9.84. The summed E-state index contributed by atoms with van der Waals surface area (Å²) in [6, 6.07) is 7.43. The van der Waals surface area contributed by atoms with Crippen LogP contribution in [0.2, 0.25) is 0 Å². The van der Waals surface area contributed by atoms with Crippen LogP contribution in [0.4, 0.5) is 0 Å². The van der Waals surface area contributed by atoms with Gasteiger partial charge in [-0.05, 0) is 25.0 Å². The first-order valence-electron chi connectivity index (χ1n) is 9.53. The van der Waals surface area contributed by atoms with Crippen molar-refractivity contribution >= 4 is 17.8 Å². The third-order valence-electron chi connectivity index (χ3n) is 5.71. The van der Waals surface area contributed by atoms with Crippen molar-refractivity contribution in [1.29, 1.82) is 0 Å². The summed E-state index contributed by atoms with van der Waals surface area (Å²) < 4.78 is 10.5. The van der Waals surface area contributed by atoms with Gasteiger partial charge in [0, 0.05) is 32.0 Å². The van der Waals surface area contributed by atoms with Crippen LogP contribution < -0.4 is 0 Å². The smallest absolute Gasteiger partial charge is 0.338 e. The van der Waals surface area contributed by atoms with Gasteiger partial charge in [-0.3, -0.25) is 9.59 Å². The largest absolute Gasteiger partial charge is 0.481 e. The lowest BCUT2D eigenvalue weighted by Gasteiger charge is -2.47. The molecule has 1 amide bonds. The maximum atomic E-state index is 12.6. The van der Waals surface area contributed by atoms with Crippen molar-refractivity contribution in [3.63, 3.8) is 0 Å². The van der Waals surface area contributed by atoms with Gasteiger partial charge in [-0.1, -0.05) is 18.2 Å². The molecule has 9 nitrogen and oxygen atoms in total. The Hall–Kier alpha value is -2.49. The zero-order valence-corrected chi connectivity index (χ0v) is 16.1. The van der Waals surface area contributed by atoms with Gasteiger partial charge in [0.1, 0.15) is 6.10 Å². The molecule has 2 heterocycles. The summed E-state index contributed by atoms with van der Waals surface area (Å²) in [4.78, 5) is 37.5. The Morgan fingerprint density at radius 1 is 1.14 bits per heavy atom. The van der Waals surface area contributed by atoms with Gasteiger partial charge in [-0.15, -0.1) is 0 Å². The normalized spacial score (nSPS) is 26.2. The van der Waals surface area contributed by atoms with Crippen molar-refractivity contribution in [3.8, 4) is 0 Å². The Morgan fingerprint density at radius 2 is 1.83 bits per heavy atom. The average molecular weight is 407 g/mol. The van der Waals surface area contributed by atoms with Crippen molar-refractivity contribution in [3.05, 3.63) is 35.9 Å². The van der Waals surface area contributed by atoms with Gasteiger partial charge in [0.05, 0.1) is 17.9 Å². The number of methoxy groups -OCH3 is 1.